The van der Waals surface area contributed by atoms with E-state index in [9.17, 15) is 4.79 Å². The van der Waals surface area contributed by atoms with Crippen LogP contribution in [-0.2, 0) is 0 Å². The van der Waals surface area contributed by atoms with Crippen molar-refractivity contribution in [2.75, 3.05) is 38.0 Å². The highest BCUT2D eigenvalue weighted by Gasteiger charge is 2.21. The molecule has 0 aliphatic carbocycles. The molecule has 0 radical (unpaired) electrons. The van der Waals surface area contributed by atoms with Gasteiger partial charge in [0.05, 0.1) is 28.2 Å². The lowest BCUT2D eigenvalue weighted by Crippen LogP contribution is -2.48. The maximum atomic E-state index is 12.8. The number of likely N-dealkylation sites (N-methyl/N-ethyl adjacent to an activating group) is 1. The van der Waals surface area contributed by atoms with Crippen LogP contribution in [-0.4, -0.2) is 53.4 Å². The van der Waals surface area contributed by atoms with E-state index in [0.29, 0.717) is 10.6 Å². The molecule has 1 saturated heterocycles. The molecule has 1 amide bonds. The quantitative estimate of drug-likeness (QED) is 0.884. The molecule has 0 saturated carbocycles. The maximum Gasteiger partial charge on any atom is 0.255 e. The summed E-state index contributed by atoms with van der Waals surface area (Å²) in [6, 6.07) is 5.84. The third-order valence-electron chi connectivity index (χ3n) is 4.79. The summed E-state index contributed by atoms with van der Waals surface area (Å²) in [5, 5.41) is 3.97. The fourth-order valence-electron chi connectivity index (χ4n) is 3.29. The van der Waals surface area contributed by atoms with Crippen LogP contribution in [0.25, 0.3) is 0 Å². The SMILES string of the molecule is CCN1CCN(C(=O)c2cncc(Nc3c(C)cc(C)cc3Cl)c2)CC1. The number of hydrogen-bond acceptors (Lipinski definition) is 4. The molecule has 1 N–H and O–H groups in total. The molecule has 138 valence electrons. The van der Waals surface area contributed by atoms with E-state index in [1.165, 1.54) is 0 Å². The summed E-state index contributed by atoms with van der Waals surface area (Å²) >= 11 is 6.37. The lowest BCUT2D eigenvalue weighted by Gasteiger charge is -2.34. The van der Waals surface area contributed by atoms with Crippen LogP contribution in [0.15, 0.2) is 30.6 Å². The summed E-state index contributed by atoms with van der Waals surface area (Å²) in [5.74, 6) is 0.0311. The molecule has 0 unspecified atom stereocenters. The van der Waals surface area contributed by atoms with Gasteiger partial charge >= 0.3 is 0 Å². The average molecular weight is 373 g/mol. The van der Waals surface area contributed by atoms with Gasteiger partial charge < -0.3 is 15.1 Å². The first-order chi connectivity index (χ1) is 12.5. The third-order valence-corrected chi connectivity index (χ3v) is 5.09. The van der Waals surface area contributed by atoms with Gasteiger partial charge in [0.2, 0.25) is 0 Å². The van der Waals surface area contributed by atoms with E-state index in [1.807, 2.05) is 30.9 Å². The van der Waals surface area contributed by atoms with Gasteiger partial charge in [0.15, 0.2) is 0 Å². The van der Waals surface area contributed by atoms with Crippen molar-refractivity contribution in [3.63, 3.8) is 0 Å². The molecule has 1 aromatic carbocycles. The number of benzene rings is 1. The second kappa shape index (κ2) is 8.06. The number of hydrogen-bond donors (Lipinski definition) is 1. The van der Waals surface area contributed by atoms with E-state index in [-0.39, 0.29) is 5.91 Å². The number of nitrogens with one attached hydrogen (secondary N) is 1. The Kier molecular flexibility index (Phi) is 5.79. The molecule has 1 aliphatic rings. The van der Waals surface area contributed by atoms with Gasteiger partial charge in [-0.05, 0) is 43.7 Å². The standard InChI is InChI=1S/C20H25ClN4O/c1-4-24-5-7-25(8-6-24)20(26)16-11-17(13-22-12-16)23-19-15(3)9-14(2)10-18(19)21/h9-13,23H,4-8H2,1-3H3. The Hall–Kier alpha value is -2.11. The molecule has 6 heteroatoms. The number of nitrogens with zero attached hydrogens (tertiary/aromatic N) is 3. The lowest BCUT2D eigenvalue weighted by molar-refractivity contribution is 0.0643. The Labute approximate surface area is 160 Å². The number of halogens is 1. The smallest absolute Gasteiger partial charge is 0.255 e. The summed E-state index contributed by atoms with van der Waals surface area (Å²) in [7, 11) is 0. The molecule has 1 aromatic heterocycles. The Morgan fingerprint density at radius 2 is 1.88 bits per heavy atom. The Bertz CT molecular complexity index is 777. The van der Waals surface area contributed by atoms with E-state index in [4.69, 9.17) is 11.6 Å². The maximum absolute atomic E-state index is 12.8. The van der Waals surface area contributed by atoms with Gasteiger partial charge in [-0.1, -0.05) is 24.6 Å². The number of aryl methyl sites for hydroxylation is 2. The molecule has 0 atom stereocenters. The van der Waals surface area contributed by atoms with Crippen molar-refractivity contribution in [1.29, 1.82) is 0 Å². The highest BCUT2D eigenvalue weighted by Crippen LogP contribution is 2.30. The first-order valence-corrected chi connectivity index (χ1v) is 9.36. The predicted molar refractivity (Wildman–Crippen MR) is 106 cm³/mol. The van der Waals surface area contributed by atoms with Gasteiger partial charge in [-0.3, -0.25) is 9.78 Å². The van der Waals surface area contributed by atoms with Crippen molar-refractivity contribution >= 4 is 28.9 Å². The zero-order valence-electron chi connectivity index (χ0n) is 15.6. The number of piperazine rings is 1. The van der Waals surface area contributed by atoms with Crippen molar-refractivity contribution in [3.8, 4) is 0 Å². The highest BCUT2D eigenvalue weighted by molar-refractivity contribution is 6.33. The van der Waals surface area contributed by atoms with Crippen LogP contribution in [0.1, 0.15) is 28.4 Å². The van der Waals surface area contributed by atoms with E-state index < -0.39 is 0 Å². The number of anilines is 2. The van der Waals surface area contributed by atoms with Crippen LogP contribution >= 0.6 is 11.6 Å². The van der Waals surface area contributed by atoms with Crippen molar-refractivity contribution in [1.82, 2.24) is 14.8 Å². The van der Waals surface area contributed by atoms with Crippen LogP contribution < -0.4 is 5.32 Å². The number of pyridine rings is 1. The normalized spacial score (nSPS) is 15.2. The minimum absolute atomic E-state index is 0.0311. The molecule has 3 rings (SSSR count). The second-order valence-corrected chi connectivity index (χ2v) is 7.16. The zero-order chi connectivity index (χ0) is 18.7. The number of carbonyl (C=O) groups excluding carboxylic acids is 1. The van der Waals surface area contributed by atoms with Crippen LogP contribution in [0.3, 0.4) is 0 Å². The zero-order valence-corrected chi connectivity index (χ0v) is 16.3. The monoisotopic (exact) mass is 372 g/mol. The van der Waals surface area contributed by atoms with Crippen LogP contribution in [0.4, 0.5) is 11.4 Å². The Morgan fingerprint density at radius 3 is 2.54 bits per heavy atom. The molecule has 0 bridgehead atoms. The van der Waals surface area contributed by atoms with Gasteiger partial charge in [0.1, 0.15) is 0 Å². The minimum Gasteiger partial charge on any atom is -0.353 e. The van der Waals surface area contributed by atoms with Gasteiger partial charge in [0.25, 0.3) is 5.91 Å². The summed E-state index contributed by atoms with van der Waals surface area (Å²) in [6.45, 7) is 10.6. The number of carbonyl (C=O) groups is 1. The largest absolute Gasteiger partial charge is 0.353 e. The number of aromatic nitrogens is 1. The van der Waals surface area contributed by atoms with Crippen LogP contribution in [0, 0.1) is 13.8 Å². The fraction of sp³-hybridized carbons (Fsp3) is 0.400. The Morgan fingerprint density at radius 1 is 1.15 bits per heavy atom. The van der Waals surface area contributed by atoms with Crippen molar-refractivity contribution in [2.24, 2.45) is 0 Å². The first kappa shape index (κ1) is 18.7. The summed E-state index contributed by atoms with van der Waals surface area (Å²) in [6.07, 6.45) is 3.34. The van der Waals surface area contributed by atoms with E-state index >= 15 is 0 Å². The van der Waals surface area contributed by atoms with E-state index in [0.717, 1.165) is 55.2 Å². The fourth-order valence-corrected chi connectivity index (χ4v) is 3.66. The highest BCUT2D eigenvalue weighted by atomic mass is 35.5. The first-order valence-electron chi connectivity index (χ1n) is 8.98. The molecule has 2 aromatic rings. The van der Waals surface area contributed by atoms with Crippen LogP contribution in [0.5, 0.6) is 0 Å². The summed E-state index contributed by atoms with van der Waals surface area (Å²) in [5.41, 5.74) is 4.38. The molecule has 0 spiro atoms. The van der Waals surface area contributed by atoms with Crippen molar-refractivity contribution in [3.05, 3.63) is 52.3 Å². The van der Waals surface area contributed by atoms with E-state index in [1.54, 1.807) is 12.4 Å². The molecule has 1 aliphatic heterocycles. The average Bonchev–Trinajstić information content (AvgIpc) is 2.64. The van der Waals surface area contributed by atoms with Crippen molar-refractivity contribution in [2.45, 2.75) is 20.8 Å². The number of amides is 1. The molecular weight excluding hydrogens is 348 g/mol. The minimum atomic E-state index is 0.0311. The van der Waals surface area contributed by atoms with Crippen molar-refractivity contribution < 1.29 is 4.79 Å². The third kappa shape index (κ3) is 4.17. The van der Waals surface area contributed by atoms with Gasteiger partial charge in [-0.2, -0.15) is 0 Å². The molecule has 26 heavy (non-hydrogen) atoms. The summed E-state index contributed by atoms with van der Waals surface area (Å²) < 4.78 is 0. The predicted octanol–water partition coefficient (Wildman–Crippen LogP) is 3.87. The lowest BCUT2D eigenvalue weighted by atomic mass is 10.1. The topological polar surface area (TPSA) is 48.5 Å². The summed E-state index contributed by atoms with van der Waals surface area (Å²) in [4.78, 5) is 21.3. The van der Waals surface area contributed by atoms with Gasteiger partial charge in [-0.25, -0.2) is 0 Å². The van der Waals surface area contributed by atoms with Crippen LogP contribution in [0.2, 0.25) is 5.02 Å². The van der Waals surface area contributed by atoms with Gasteiger partial charge in [-0.15, -0.1) is 0 Å². The Balaban J connectivity index is 1.76. The van der Waals surface area contributed by atoms with Gasteiger partial charge in [0, 0.05) is 32.4 Å². The number of rotatable bonds is 4. The van der Waals surface area contributed by atoms with E-state index in [2.05, 4.69) is 28.2 Å². The molecule has 2 heterocycles. The molecular formula is C20H25ClN4O. The molecule has 5 nitrogen and oxygen atoms in total. The molecule has 1 fully saturated rings. The second-order valence-electron chi connectivity index (χ2n) is 6.75.